The zero-order valence-corrected chi connectivity index (χ0v) is 10.6. The number of halogens is 1. The van der Waals surface area contributed by atoms with Gasteiger partial charge in [-0.05, 0) is 25.1 Å². The van der Waals surface area contributed by atoms with Crippen LogP contribution in [0.4, 0.5) is 0 Å². The van der Waals surface area contributed by atoms with E-state index in [-0.39, 0.29) is 0 Å². The molecule has 0 radical (unpaired) electrons. The van der Waals surface area contributed by atoms with Crippen molar-refractivity contribution >= 4 is 22.5 Å². The van der Waals surface area contributed by atoms with Crippen molar-refractivity contribution in [1.82, 2.24) is 9.97 Å². The molecule has 18 heavy (non-hydrogen) atoms. The van der Waals surface area contributed by atoms with Crippen molar-refractivity contribution in [3.63, 3.8) is 0 Å². The fourth-order valence-corrected chi connectivity index (χ4v) is 2.22. The topological polar surface area (TPSA) is 25.8 Å². The van der Waals surface area contributed by atoms with E-state index in [2.05, 4.69) is 9.97 Å². The molecule has 3 aromatic rings. The Morgan fingerprint density at radius 1 is 0.889 bits per heavy atom. The first-order valence-corrected chi connectivity index (χ1v) is 6.12. The lowest BCUT2D eigenvalue weighted by Crippen LogP contribution is -1.94. The average molecular weight is 255 g/mol. The molecule has 1 heterocycles. The summed E-state index contributed by atoms with van der Waals surface area (Å²) in [6, 6.07) is 15.6. The van der Waals surface area contributed by atoms with E-state index in [0.29, 0.717) is 10.8 Å². The standard InChI is InChI=1S/C15H11ClN2/c1-10-11-6-3-5-9-14(11)18-15(17-10)12-7-2-4-8-13(12)16/h2-9H,1H3. The molecule has 0 unspecified atom stereocenters. The van der Waals surface area contributed by atoms with Gasteiger partial charge in [0.25, 0.3) is 0 Å². The minimum Gasteiger partial charge on any atom is -0.233 e. The van der Waals surface area contributed by atoms with Crippen LogP contribution in [0.5, 0.6) is 0 Å². The molecule has 0 aliphatic heterocycles. The van der Waals surface area contributed by atoms with E-state index in [0.717, 1.165) is 22.2 Å². The Balaban J connectivity index is 2.28. The highest BCUT2D eigenvalue weighted by atomic mass is 35.5. The molecule has 2 nitrogen and oxygen atoms in total. The van der Waals surface area contributed by atoms with E-state index < -0.39 is 0 Å². The molecule has 0 aliphatic rings. The smallest absolute Gasteiger partial charge is 0.161 e. The number of fused-ring (bicyclic) bond motifs is 1. The van der Waals surface area contributed by atoms with Crippen LogP contribution >= 0.6 is 11.6 Å². The van der Waals surface area contributed by atoms with Crippen LogP contribution < -0.4 is 0 Å². The molecule has 3 heteroatoms. The molecule has 1 aromatic heterocycles. The number of benzene rings is 2. The van der Waals surface area contributed by atoms with E-state index in [9.17, 15) is 0 Å². The minimum atomic E-state index is 0.673. The maximum atomic E-state index is 6.18. The maximum Gasteiger partial charge on any atom is 0.161 e. The first-order chi connectivity index (χ1) is 8.75. The average Bonchev–Trinajstić information content (AvgIpc) is 2.39. The number of aryl methyl sites for hydroxylation is 1. The van der Waals surface area contributed by atoms with E-state index >= 15 is 0 Å². The van der Waals surface area contributed by atoms with Gasteiger partial charge in [0.1, 0.15) is 0 Å². The summed E-state index contributed by atoms with van der Waals surface area (Å²) in [6.07, 6.45) is 0. The van der Waals surface area contributed by atoms with Crippen molar-refractivity contribution < 1.29 is 0 Å². The molecule has 0 N–H and O–H groups in total. The van der Waals surface area contributed by atoms with Gasteiger partial charge in [-0.25, -0.2) is 9.97 Å². The Morgan fingerprint density at radius 2 is 1.61 bits per heavy atom. The van der Waals surface area contributed by atoms with Crippen LogP contribution in [0.25, 0.3) is 22.3 Å². The molecular formula is C15H11ClN2. The van der Waals surface area contributed by atoms with Crippen LogP contribution in [0.15, 0.2) is 48.5 Å². The molecule has 3 rings (SSSR count). The van der Waals surface area contributed by atoms with Gasteiger partial charge >= 0.3 is 0 Å². The molecule has 0 spiro atoms. The molecule has 0 fully saturated rings. The van der Waals surface area contributed by atoms with Gasteiger partial charge in [0.2, 0.25) is 0 Å². The SMILES string of the molecule is Cc1nc(-c2ccccc2Cl)nc2ccccc12. The highest BCUT2D eigenvalue weighted by Crippen LogP contribution is 2.26. The molecule has 0 amide bonds. The molecule has 88 valence electrons. The van der Waals surface area contributed by atoms with Gasteiger partial charge in [-0.2, -0.15) is 0 Å². The van der Waals surface area contributed by atoms with Gasteiger partial charge in [-0.1, -0.05) is 41.9 Å². The Kier molecular flexibility index (Phi) is 2.73. The summed E-state index contributed by atoms with van der Waals surface area (Å²) in [5.74, 6) is 0.678. The minimum absolute atomic E-state index is 0.673. The third kappa shape index (κ3) is 1.85. The Bertz CT molecular complexity index is 723. The summed E-state index contributed by atoms with van der Waals surface area (Å²) in [5.41, 5.74) is 2.78. The molecule has 0 atom stereocenters. The molecule has 0 saturated carbocycles. The van der Waals surface area contributed by atoms with Crippen molar-refractivity contribution in [1.29, 1.82) is 0 Å². The molecule has 0 bridgehead atoms. The van der Waals surface area contributed by atoms with Crippen molar-refractivity contribution in [3.05, 3.63) is 59.2 Å². The van der Waals surface area contributed by atoms with Crippen LogP contribution in [0.2, 0.25) is 5.02 Å². The van der Waals surface area contributed by atoms with Crippen LogP contribution in [-0.4, -0.2) is 9.97 Å². The number of hydrogen-bond acceptors (Lipinski definition) is 2. The third-order valence-electron chi connectivity index (χ3n) is 2.91. The van der Waals surface area contributed by atoms with Crippen LogP contribution in [0.1, 0.15) is 5.69 Å². The lowest BCUT2D eigenvalue weighted by Gasteiger charge is -2.06. The summed E-state index contributed by atoms with van der Waals surface area (Å²) in [5, 5.41) is 1.75. The van der Waals surface area contributed by atoms with E-state index in [4.69, 9.17) is 11.6 Å². The van der Waals surface area contributed by atoms with Gasteiger partial charge in [-0.15, -0.1) is 0 Å². The van der Waals surface area contributed by atoms with Gasteiger partial charge in [0.05, 0.1) is 10.5 Å². The van der Waals surface area contributed by atoms with E-state index in [1.54, 1.807) is 0 Å². The van der Waals surface area contributed by atoms with Crippen LogP contribution in [0, 0.1) is 6.92 Å². The fourth-order valence-electron chi connectivity index (χ4n) is 2.00. The predicted molar refractivity (Wildman–Crippen MR) is 74.7 cm³/mol. The quantitative estimate of drug-likeness (QED) is 0.648. The van der Waals surface area contributed by atoms with Gasteiger partial charge < -0.3 is 0 Å². The van der Waals surface area contributed by atoms with Crippen LogP contribution in [-0.2, 0) is 0 Å². The van der Waals surface area contributed by atoms with Gasteiger partial charge in [-0.3, -0.25) is 0 Å². The van der Waals surface area contributed by atoms with E-state index in [1.165, 1.54) is 0 Å². The Hall–Kier alpha value is -1.93. The third-order valence-corrected chi connectivity index (χ3v) is 3.24. The monoisotopic (exact) mass is 254 g/mol. The van der Waals surface area contributed by atoms with Crippen LogP contribution in [0.3, 0.4) is 0 Å². The van der Waals surface area contributed by atoms with Crippen molar-refractivity contribution in [3.8, 4) is 11.4 Å². The van der Waals surface area contributed by atoms with Gasteiger partial charge in [0, 0.05) is 16.6 Å². The lowest BCUT2D eigenvalue weighted by molar-refractivity contribution is 1.16. The molecular weight excluding hydrogens is 244 g/mol. The molecule has 0 saturated heterocycles. The number of para-hydroxylation sites is 1. The summed E-state index contributed by atoms with van der Waals surface area (Å²) < 4.78 is 0. The van der Waals surface area contributed by atoms with Gasteiger partial charge in [0.15, 0.2) is 5.82 Å². The first kappa shape index (κ1) is 11.2. The highest BCUT2D eigenvalue weighted by Gasteiger charge is 2.08. The zero-order chi connectivity index (χ0) is 12.5. The second-order valence-electron chi connectivity index (χ2n) is 4.13. The first-order valence-electron chi connectivity index (χ1n) is 5.74. The normalized spacial score (nSPS) is 10.8. The van der Waals surface area contributed by atoms with E-state index in [1.807, 2.05) is 55.5 Å². The van der Waals surface area contributed by atoms with Crippen molar-refractivity contribution in [2.45, 2.75) is 6.92 Å². The number of aromatic nitrogens is 2. The summed E-state index contributed by atoms with van der Waals surface area (Å²) in [6.45, 7) is 1.99. The summed E-state index contributed by atoms with van der Waals surface area (Å²) in [4.78, 5) is 9.11. The fraction of sp³-hybridized carbons (Fsp3) is 0.0667. The summed E-state index contributed by atoms with van der Waals surface area (Å²) >= 11 is 6.18. The number of nitrogens with zero attached hydrogens (tertiary/aromatic N) is 2. The predicted octanol–water partition coefficient (Wildman–Crippen LogP) is 4.26. The maximum absolute atomic E-state index is 6.18. The highest BCUT2D eigenvalue weighted by molar-refractivity contribution is 6.33. The summed E-state index contributed by atoms with van der Waals surface area (Å²) in [7, 11) is 0. The Morgan fingerprint density at radius 3 is 2.44 bits per heavy atom. The second-order valence-corrected chi connectivity index (χ2v) is 4.54. The van der Waals surface area contributed by atoms with Crippen molar-refractivity contribution in [2.24, 2.45) is 0 Å². The lowest BCUT2D eigenvalue weighted by atomic mass is 10.1. The second kappa shape index (κ2) is 4.39. The largest absolute Gasteiger partial charge is 0.233 e. The number of hydrogen-bond donors (Lipinski definition) is 0. The molecule has 2 aromatic carbocycles. The molecule has 0 aliphatic carbocycles. The number of rotatable bonds is 1. The van der Waals surface area contributed by atoms with Crippen molar-refractivity contribution in [2.75, 3.05) is 0 Å². The Labute approximate surface area is 110 Å². The zero-order valence-electron chi connectivity index (χ0n) is 9.89.